The maximum absolute atomic E-state index is 14.0. The Balaban J connectivity index is 5.70. The molecule has 0 saturated heterocycles. The lowest BCUT2D eigenvalue weighted by Gasteiger charge is -2.32. The maximum Gasteiger partial charge on any atom is 0.306 e. The Morgan fingerprint density at radius 2 is 0.716 bits per heavy atom. The van der Waals surface area contributed by atoms with E-state index in [1.807, 2.05) is 19.0 Å². The minimum atomic E-state index is -0.796. The van der Waals surface area contributed by atoms with E-state index in [0.29, 0.717) is 45.2 Å². The number of unbranched alkanes of at least 4 members (excludes halogenated alkanes) is 11. The van der Waals surface area contributed by atoms with Gasteiger partial charge in [0.2, 0.25) is 5.91 Å². The lowest BCUT2D eigenvalue weighted by atomic mass is 10.1. The first-order chi connectivity index (χ1) is 32.3. The third-order valence-electron chi connectivity index (χ3n) is 12.1. The Labute approximate surface area is 408 Å². The Bertz CT molecular complexity index is 1220. The van der Waals surface area contributed by atoms with Crippen LogP contribution in [0.1, 0.15) is 247 Å². The third kappa shape index (κ3) is 37.4. The van der Waals surface area contributed by atoms with Crippen LogP contribution >= 0.6 is 0 Å². The van der Waals surface area contributed by atoms with E-state index in [-0.39, 0.29) is 87.9 Å². The van der Waals surface area contributed by atoms with Crippen molar-refractivity contribution in [2.75, 3.05) is 40.4 Å². The molecule has 0 radical (unpaired) electrons. The number of ether oxygens (including phenoxy) is 5. The van der Waals surface area contributed by atoms with Crippen LogP contribution in [0.4, 0.5) is 0 Å². The largest absolute Gasteiger partial charge is 0.463 e. The van der Waals surface area contributed by atoms with Gasteiger partial charge in [0.15, 0.2) is 0 Å². The van der Waals surface area contributed by atoms with E-state index in [1.54, 1.807) is 4.90 Å². The van der Waals surface area contributed by atoms with Gasteiger partial charge in [-0.1, -0.05) is 119 Å². The molecule has 13 heteroatoms. The average Bonchev–Trinajstić information content (AvgIpc) is 3.29. The third-order valence-corrected chi connectivity index (χ3v) is 12.1. The Morgan fingerprint density at radius 1 is 0.358 bits per heavy atom. The fraction of sp³-hybridized carbons (Fsp3) is 0.889. The van der Waals surface area contributed by atoms with Gasteiger partial charge in [0.25, 0.3) is 0 Å². The van der Waals surface area contributed by atoms with Gasteiger partial charge in [0, 0.05) is 38.6 Å². The normalized spacial score (nSPS) is 13.1. The molecule has 0 aliphatic heterocycles. The summed E-state index contributed by atoms with van der Waals surface area (Å²) in [7, 11) is 3.88. The number of rotatable bonds is 46. The highest BCUT2D eigenvalue weighted by molar-refractivity contribution is 5.82. The summed E-state index contributed by atoms with van der Waals surface area (Å²) in [6.07, 6.45) is 23.6. The van der Waals surface area contributed by atoms with Crippen LogP contribution in [0.2, 0.25) is 0 Å². The van der Waals surface area contributed by atoms with Gasteiger partial charge in [-0.05, 0) is 111 Å². The molecule has 0 aliphatic rings. The van der Waals surface area contributed by atoms with Crippen LogP contribution in [0.25, 0.3) is 0 Å². The first-order valence-corrected chi connectivity index (χ1v) is 27.2. The van der Waals surface area contributed by atoms with Crippen molar-refractivity contribution in [1.82, 2.24) is 9.80 Å². The van der Waals surface area contributed by atoms with Gasteiger partial charge >= 0.3 is 29.8 Å². The van der Waals surface area contributed by atoms with Crippen LogP contribution in [-0.2, 0) is 52.5 Å². The summed E-state index contributed by atoms with van der Waals surface area (Å²) in [5.41, 5.74) is 0. The molecule has 1 amide bonds. The highest BCUT2D eigenvalue weighted by Gasteiger charge is 2.28. The smallest absolute Gasteiger partial charge is 0.306 e. The second-order valence-electron chi connectivity index (χ2n) is 18.9. The molecule has 0 heterocycles. The quantitative estimate of drug-likeness (QED) is 0.0324. The van der Waals surface area contributed by atoms with Crippen LogP contribution in [0.3, 0.4) is 0 Å². The van der Waals surface area contributed by atoms with Gasteiger partial charge in [-0.15, -0.1) is 0 Å². The van der Waals surface area contributed by atoms with E-state index >= 15 is 0 Å². The summed E-state index contributed by atoms with van der Waals surface area (Å²) in [5, 5.41) is 0. The van der Waals surface area contributed by atoms with Crippen LogP contribution in [0.5, 0.6) is 0 Å². The number of amides is 1. The van der Waals surface area contributed by atoms with E-state index < -0.39 is 23.9 Å². The predicted octanol–water partition coefficient (Wildman–Crippen LogP) is 12.2. The molecule has 0 rings (SSSR count). The van der Waals surface area contributed by atoms with Crippen molar-refractivity contribution in [3.05, 3.63) is 0 Å². The summed E-state index contributed by atoms with van der Waals surface area (Å²) in [5.74, 6) is -2.20. The zero-order valence-electron chi connectivity index (χ0n) is 44.2. The fourth-order valence-corrected chi connectivity index (χ4v) is 8.13. The van der Waals surface area contributed by atoms with Gasteiger partial charge in [-0.25, -0.2) is 0 Å². The van der Waals surface area contributed by atoms with Crippen molar-refractivity contribution in [3.63, 3.8) is 0 Å². The van der Waals surface area contributed by atoms with Crippen molar-refractivity contribution in [1.29, 1.82) is 0 Å². The van der Waals surface area contributed by atoms with Crippen molar-refractivity contribution in [3.8, 4) is 0 Å². The number of carbonyl (C=O) groups excluding carboxylic acids is 6. The molecule has 67 heavy (non-hydrogen) atoms. The van der Waals surface area contributed by atoms with Crippen molar-refractivity contribution in [2.24, 2.45) is 0 Å². The summed E-state index contributed by atoms with van der Waals surface area (Å²) < 4.78 is 28.9. The van der Waals surface area contributed by atoms with Crippen LogP contribution in [0.15, 0.2) is 0 Å². The topological polar surface area (TPSA) is 155 Å². The first-order valence-electron chi connectivity index (χ1n) is 27.2. The van der Waals surface area contributed by atoms with Gasteiger partial charge in [0.1, 0.15) is 31.5 Å². The van der Waals surface area contributed by atoms with Gasteiger partial charge in [-0.2, -0.15) is 0 Å². The van der Waals surface area contributed by atoms with E-state index in [2.05, 4.69) is 41.5 Å². The summed E-state index contributed by atoms with van der Waals surface area (Å²) in [6, 6.07) is -0.796. The molecule has 13 nitrogen and oxygen atoms in total. The molecular formula is C54H100N2O11. The number of hydrogen-bond acceptors (Lipinski definition) is 12. The summed E-state index contributed by atoms with van der Waals surface area (Å²) in [4.78, 5) is 82.2. The number of hydrogen-bond donors (Lipinski definition) is 0. The van der Waals surface area contributed by atoms with Crippen LogP contribution in [0, 0.1) is 0 Å². The molecule has 3 unspecified atom stereocenters. The first kappa shape index (κ1) is 63.8. The van der Waals surface area contributed by atoms with Crippen molar-refractivity contribution >= 4 is 35.8 Å². The molecule has 0 fully saturated rings. The molecule has 0 saturated carbocycles. The van der Waals surface area contributed by atoms with E-state index in [1.165, 1.54) is 12.8 Å². The Kier molecular flexibility index (Phi) is 41.9. The average molecular weight is 953 g/mol. The molecule has 0 bridgehead atoms. The highest BCUT2D eigenvalue weighted by atomic mass is 16.6. The van der Waals surface area contributed by atoms with Crippen molar-refractivity contribution < 1.29 is 52.5 Å². The zero-order chi connectivity index (χ0) is 49.9. The van der Waals surface area contributed by atoms with Gasteiger partial charge in [-0.3, -0.25) is 28.8 Å². The van der Waals surface area contributed by atoms with E-state index in [0.717, 1.165) is 122 Å². The number of nitrogens with zero attached hydrogens (tertiary/aromatic N) is 2. The van der Waals surface area contributed by atoms with Gasteiger partial charge < -0.3 is 33.5 Å². The molecular weight excluding hydrogens is 853 g/mol. The number of esters is 5. The minimum Gasteiger partial charge on any atom is -0.463 e. The summed E-state index contributed by atoms with van der Waals surface area (Å²) in [6.45, 7) is 13.3. The second kappa shape index (κ2) is 44.0. The summed E-state index contributed by atoms with van der Waals surface area (Å²) >= 11 is 0. The molecule has 3 atom stereocenters. The molecule has 0 N–H and O–H groups in total. The Morgan fingerprint density at radius 3 is 1.06 bits per heavy atom. The fourth-order valence-electron chi connectivity index (χ4n) is 8.13. The molecule has 0 aromatic rings. The van der Waals surface area contributed by atoms with Gasteiger partial charge in [0.05, 0.1) is 12.5 Å². The molecule has 392 valence electrons. The number of carbonyl (C=O) groups is 6. The minimum absolute atomic E-state index is 0.0744. The monoisotopic (exact) mass is 953 g/mol. The lowest BCUT2D eigenvalue weighted by molar-refractivity contribution is -0.156. The SMILES string of the molecule is CCCCCCC(CCC)OC(=O)CCCCC(=O)OCC(COC(=O)CCCCC(=O)OC(CCC)CCCCCC)N(CCCN(C)C)C(=O)CCC(=O)OC(CCC)CCCCCC. The predicted molar refractivity (Wildman–Crippen MR) is 267 cm³/mol. The maximum atomic E-state index is 14.0. The van der Waals surface area contributed by atoms with Crippen LogP contribution < -0.4 is 0 Å². The standard InChI is InChI=1S/C54H100N2O11/c1-9-15-18-21-32-46(29-12-4)65-52(60)37-26-24-35-50(58)63-43-45(44-64-51(59)36-25-27-38-53(61)66-47(30-13-5)33-22-19-16-10-2)56(42-28-41-55(7)8)49(57)39-40-54(62)67-48(31-14-6)34-23-20-17-11-3/h45-48H,9-44H2,1-8H3. The van der Waals surface area contributed by atoms with E-state index in [4.69, 9.17) is 23.7 Å². The Hall–Kier alpha value is -3.22. The van der Waals surface area contributed by atoms with Crippen molar-refractivity contribution in [2.45, 2.75) is 271 Å². The zero-order valence-corrected chi connectivity index (χ0v) is 44.2. The second-order valence-corrected chi connectivity index (χ2v) is 18.9. The molecule has 0 aromatic carbocycles. The molecule has 0 spiro atoms. The van der Waals surface area contributed by atoms with E-state index in [9.17, 15) is 28.8 Å². The lowest BCUT2D eigenvalue weighted by Crippen LogP contribution is -2.47. The molecule has 0 aromatic heterocycles. The van der Waals surface area contributed by atoms with Crippen LogP contribution in [-0.4, -0.2) is 110 Å². The highest BCUT2D eigenvalue weighted by Crippen LogP contribution is 2.19. The molecule has 0 aliphatic carbocycles.